The lowest BCUT2D eigenvalue weighted by Crippen LogP contribution is -2.46. The van der Waals surface area contributed by atoms with E-state index < -0.39 is 0 Å². The minimum absolute atomic E-state index is 0.532. The lowest BCUT2D eigenvalue weighted by atomic mass is 10.3. The maximum absolute atomic E-state index is 8.58. The van der Waals surface area contributed by atoms with E-state index in [4.69, 9.17) is 5.26 Å². The quantitative estimate of drug-likeness (QED) is 0.654. The van der Waals surface area contributed by atoms with Crippen LogP contribution in [0.3, 0.4) is 0 Å². The SMILES string of the molecule is N#CCN1CCN(c2cc[c]cn2)CC1. The van der Waals surface area contributed by atoms with E-state index in [1.807, 2.05) is 12.1 Å². The number of aromatic nitrogens is 1. The molecule has 0 bridgehead atoms. The molecule has 0 aliphatic carbocycles. The number of anilines is 1. The van der Waals surface area contributed by atoms with E-state index in [-0.39, 0.29) is 0 Å². The van der Waals surface area contributed by atoms with Gasteiger partial charge in [0.25, 0.3) is 0 Å². The molecule has 1 aromatic heterocycles. The van der Waals surface area contributed by atoms with Crippen LogP contribution >= 0.6 is 0 Å². The molecule has 4 nitrogen and oxygen atoms in total. The maximum atomic E-state index is 8.58. The Kier molecular flexibility index (Phi) is 3.15. The second-order valence-electron chi connectivity index (χ2n) is 3.54. The summed E-state index contributed by atoms with van der Waals surface area (Å²) < 4.78 is 0. The Morgan fingerprint density at radius 1 is 1.40 bits per heavy atom. The molecule has 0 unspecified atom stereocenters. The summed E-state index contributed by atoms with van der Waals surface area (Å²) in [5.41, 5.74) is 0. The van der Waals surface area contributed by atoms with Gasteiger partial charge in [0.1, 0.15) is 5.82 Å². The Bertz CT molecular complexity index is 335. The Labute approximate surface area is 89.7 Å². The molecule has 77 valence electrons. The molecule has 0 spiro atoms. The third-order valence-corrected chi connectivity index (χ3v) is 2.59. The van der Waals surface area contributed by atoms with Crippen molar-refractivity contribution in [2.45, 2.75) is 0 Å². The topological polar surface area (TPSA) is 43.2 Å². The van der Waals surface area contributed by atoms with Gasteiger partial charge in [0.15, 0.2) is 0 Å². The van der Waals surface area contributed by atoms with Gasteiger partial charge in [-0.2, -0.15) is 5.26 Å². The van der Waals surface area contributed by atoms with Crippen LogP contribution in [0.15, 0.2) is 18.3 Å². The van der Waals surface area contributed by atoms with Crippen molar-refractivity contribution in [2.24, 2.45) is 0 Å². The monoisotopic (exact) mass is 201 g/mol. The molecule has 2 heterocycles. The van der Waals surface area contributed by atoms with Crippen molar-refractivity contribution in [1.82, 2.24) is 9.88 Å². The van der Waals surface area contributed by atoms with Crippen LogP contribution in [0, 0.1) is 17.4 Å². The van der Waals surface area contributed by atoms with Gasteiger partial charge in [0.05, 0.1) is 12.6 Å². The Morgan fingerprint density at radius 3 is 2.80 bits per heavy atom. The first-order chi connectivity index (χ1) is 7.40. The first kappa shape index (κ1) is 9.94. The van der Waals surface area contributed by atoms with Gasteiger partial charge in [-0.15, -0.1) is 0 Å². The maximum Gasteiger partial charge on any atom is 0.128 e. The molecule has 0 N–H and O–H groups in total. The van der Waals surface area contributed by atoms with Gasteiger partial charge >= 0.3 is 0 Å². The fourth-order valence-corrected chi connectivity index (χ4v) is 1.73. The summed E-state index contributed by atoms with van der Waals surface area (Å²) in [7, 11) is 0. The van der Waals surface area contributed by atoms with E-state index in [1.54, 1.807) is 6.20 Å². The summed E-state index contributed by atoms with van der Waals surface area (Å²) in [4.78, 5) is 8.66. The largest absolute Gasteiger partial charge is 0.354 e. The molecule has 0 saturated carbocycles. The molecule has 15 heavy (non-hydrogen) atoms. The van der Waals surface area contributed by atoms with Gasteiger partial charge in [-0.05, 0) is 12.1 Å². The highest BCUT2D eigenvalue weighted by Crippen LogP contribution is 2.11. The molecular formula is C11H13N4. The van der Waals surface area contributed by atoms with Gasteiger partial charge in [-0.3, -0.25) is 4.90 Å². The van der Waals surface area contributed by atoms with Gasteiger partial charge in [-0.25, -0.2) is 4.98 Å². The Morgan fingerprint density at radius 2 is 2.20 bits per heavy atom. The number of nitriles is 1. The first-order valence-electron chi connectivity index (χ1n) is 5.06. The van der Waals surface area contributed by atoms with E-state index >= 15 is 0 Å². The highest BCUT2D eigenvalue weighted by Gasteiger charge is 2.16. The van der Waals surface area contributed by atoms with Crippen molar-refractivity contribution >= 4 is 5.82 Å². The lowest BCUT2D eigenvalue weighted by Gasteiger charge is -2.34. The third kappa shape index (κ3) is 2.45. The van der Waals surface area contributed by atoms with Crippen LogP contribution in [-0.2, 0) is 0 Å². The molecule has 1 radical (unpaired) electrons. The number of pyridine rings is 1. The average Bonchev–Trinajstić information content (AvgIpc) is 2.32. The molecule has 0 atom stereocenters. The van der Waals surface area contributed by atoms with Crippen LogP contribution in [0.2, 0.25) is 0 Å². The van der Waals surface area contributed by atoms with Crippen molar-refractivity contribution in [2.75, 3.05) is 37.6 Å². The smallest absolute Gasteiger partial charge is 0.128 e. The van der Waals surface area contributed by atoms with Crippen molar-refractivity contribution in [3.63, 3.8) is 0 Å². The normalized spacial score (nSPS) is 17.4. The van der Waals surface area contributed by atoms with Gasteiger partial charge in [0, 0.05) is 38.4 Å². The van der Waals surface area contributed by atoms with Crippen LogP contribution in [0.4, 0.5) is 5.82 Å². The second-order valence-corrected chi connectivity index (χ2v) is 3.54. The van der Waals surface area contributed by atoms with Gasteiger partial charge in [0.2, 0.25) is 0 Å². The van der Waals surface area contributed by atoms with Crippen LogP contribution in [0.1, 0.15) is 0 Å². The molecule has 1 aliphatic rings. The van der Waals surface area contributed by atoms with Crippen molar-refractivity contribution < 1.29 is 0 Å². The predicted molar refractivity (Wildman–Crippen MR) is 57.3 cm³/mol. The summed E-state index contributed by atoms with van der Waals surface area (Å²) in [5.74, 6) is 1.00. The van der Waals surface area contributed by atoms with E-state index in [0.717, 1.165) is 32.0 Å². The standard InChI is InChI=1S/C11H13N4/c12-4-6-14-7-9-15(10-8-14)11-3-1-2-5-13-11/h1,3,5H,6-10H2. The number of hydrogen-bond acceptors (Lipinski definition) is 4. The van der Waals surface area contributed by atoms with E-state index in [1.165, 1.54) is 0 Å². The fourth-order valence-electron chi connectivity index (χ4n) is 1.73. The minimum atomic E-state index is 0.532. The summed E-state index contributed by atoms with van der Waals surface area (Å²) >= 11 is 0. The third-order valence-electron chi connectivity index (χ3n) is 2.59. The number of piperazine rings is 1. The zero-order chi connectivity index (χ0) is 10.5. The molecule has 2 rings (SSSR count). The number of hydrogen-bond donors (Lipinski definition) is 0. The summed E-state index contributed by atoms with van der Waals surface area (Å²) in [6.07, 6.45) is 1.69. The molecule has 1 aromatic rings. The van der Waals surface area contributed by atoms with Crippen LogP contribution < -0.4 is 4.90 Å². The van der Waals surface area contributed by atoms with Crippen molar-refractivity contribution in [1.29, 1.82) is 5.26 Å². The fraction of sp³-hybridized carbons (Fsp3) is 0.455. The second kappa shape index (κ2) is 4.76. The molecule has 1 aliphatic heterocycles. The Balaban J connectivity index is 1.92. The molecule has 4 heteroatoms. The molecule has 1 saturated heterocycles. The van der Waals surface area contributed by atoms with E-state index in [2.05, 4.69) is 26.9 Å². The average molecular weight is 201 g/mol. The minimum Gasteiger partial charge on any atom is -0.354 e. The highest BCUT2D eigenvalue weighted by molar-refractivity contribution is 5.37. The summed E-state index contributed by atoms with van der Waals surface area (Å²) in [5, 5.41) is 8.58. The van der Waals surface area contributed by atoms with Crippen molar-refractivity contribution in [3.8, 4) is 6.07 Å². The zero-order valence-corrected chi connectivity index (χ0v) is 8.56. The summed E-state index contributed by atoms with van der Waals surface area (Å²) in [6, 6.07) is 8.94. The first-order valence-corrected chi connectivity index (χ1v) is 5.06. The number of nitrogens with zero attached hydrogens (tertiary/aromatic N) is 4. The van der Waals surface area contributed by atoms with Crippen LogP contribution in [0.5, 0.6) is 0 Å². The highest BCUT2D eigenvalue weighted by atomic mass is 15.3. The van der Waals surface area contributed by atoms with E-state index in [9.17, 15) is 0 Å². The van der Waals surface area contributed by atoms with Crippen molar-refractivity contribution in [3.05, 3.63) is 24.4 Å². The van der Waals surface area contributed by atoms with Gasteiger partial charge < -0.3 is 4.90 Å². The molecule has 0 amide bonds. The Hall–Kier alpha value is -1.60. The number of rotatable bonds is 2. The predicted octanol–water partition coefficient (Wildman–Crippen LogP) is 0.527. The molecular weight excluding hydrogens is 188 g/mol. The van der Waals surface area contributed by atoms with Gasteiger partial charge in [-0.1, -0.05) is 0 Å². The molecule has 1 fully saturated rings. The summed E-state index contributed by atoms with van der Waals surface area (Å²) in [6.45, 7) is 4.29. The molecule has 0 aromatic carbocycles. The van der Waals surface area contributed by atoms with E-state index in [0.29, 0.717) is 6.54 Å². The van der Waals surface area contributed by atoms with Crippen LogP contribution in [-0.4, -0.2) is 42.6 Å². The zero-order valence-electron chi connectivity index (χ0n) is 8.56. The lowest BCUT2D eigenvalue weighted by molar-refractivity contribution is 0.286. The van der Waals surface area contributed by atoms with Crippen LogP contribution in [0.25, 0.3) is 0 Å².